The summed E-state index contributed by atoms with van der Waals surface area (Å²) in [6.45, 7) is 0. The summed E-state index contributed by atoms with van der Waals surface area (Å²) < 4.78 is 81.8. The van der Waals surface area contributed by atoms with Crippen molar-refractivity contribution >= 4 is 60.5 Å². The number of benzene rings is 9. The molecule has 0 saturated carbocycles. The molecular weight excluding hydrogens is 631 g/mol. The van der Waals surface area contributed by atoms with Crippen LogP contribution in [0.2, 0.25) is 0 Å². The van der Waals surface area contributed by atoms with Crippen molar-refractivity contribution in [1.29, 1.82) is 0 Å². The molecule has 0 N–H and O–H groups in total. The van der Waals surface area contributed by atoms with Gasteiger partial charge in [0.1, 0.15) is 11.2 Å². The van der Waals surface area contributed by atoms with Crippen molar-refractivity contribution in [2.24, 2.45) is 0 Å². The number of fused-ring (bicyclic) bond motifs is 6. The minimum absolute atomic E-state index is 0.109. The first-order chi connectivity index (χ1) is 29.1. The van der Waals surface area contributed by atoms with Crippen LogP contribution in [0.4, 0.5) is 17.1 Å². The molecule has 0 fully saturated rings. The summed E-state index contributed by atoms with van der Waals surface area (Å²) in [6.07, 6.45) is 0. The third kappa shape index (κ3) is 5.21. The smallest absolute Gasteiger partial charge is 0.143 e. The first kappa shape index (κ1) is 22.7. The van der Waals surface area contributed by atoms with Crippen molar-refractivity contribution in [1.82, 2.24) is 0 Å². The van der Waals surface area contributed by atoms with Crippen LogP contribution in [-0.2, 0) is 0 Å². The van der Waals surface area contributed by atoms with E-state index in [1.807, 2.05) is 109 Å². The fraction of sp³-hybridized carbons (Fsp3) is 0. The predicted molar refractivity (Wildman–Crippen MR) is 220 cm³/mol. The predicted octanol–water partition coefficient (Wildman–Crippen LogP) is 14.4. The summed E-state index contributed by atoms with van der Waals surface area (Å²) >= 11 is 0. The number of rotatable bonds is 6. The molecule has 52 heavy (non-hydrogen) atoms. The molecule has 2 nitrogen and oxygen atoms in total. The Bertz CT molecular complexity index is 3320. The summed E-state index contributed by atoms with van der Waals surface area (Å²) in [5, 5.41) is 5.65. The second-order valence-corrected chi connectivity index (χ2v) is 12.7. The molecule has 9 aromatic carbocycles. The molecule has 244 valence electrons. The van der Waals surface area contributed by atoms with Crippen molar-refractivity contribution < 1.29 is 15.4 Å². The summed E-state index contributed by atoms with van der Waals surface area (Å²) in [4.78, 5) is 1.38. The molecule has 2 heteroatoms. The summed E-state index contributed by atoms with van der Waals surface area (Å²) in [7, 11) is 0. The number of furan rings is 1. The average molecular weight is 672 g/mol. The molecule has 10 aromatic rings. The Balaban J connectivity index is 1.23. The zero-order chi connectivity index (χ0) is 41.4. The highest BCUT2D eigenvalue weighted by Gasteiger charge is 2.19. The van der Waals surface area contributed by atoms with E-state index in [4.69, 9.17) is 4.42 Å². The third-order valence-electron chi connectivity index (χ3n) is 9.59. The molecule has 0 saturated heterocycles. The van der Waals surface area contributed by atoms with Crippen LogP contribution in [0.15, 0.2) is 204 Å². The van der Waals surface area contributed by atoms with E-state index in [0.717, 1.165) is 49.0 Å². The number of para-hydroxylation sites is 2. The fourth-order valence-corrected chi connectivity index (χ4v) is 7.02. The molecule has 0 bridgehead atoms. The Hall–Kier alpha value is -6.90. The van der Waals surface area contributed by atoms with E-state index in [0.29, 0.717) is 22.4 Å². The van der Waals surface area contributed by atoms with E-state index in [1.54, 1.807) is 42.5 Å². The standard InChI is InChI=1S/C50H33NO/c1-2-10-34(11-3-1)36-20-26-42(27-21-36)51(43-28-22-37(23-29-43)39-19-18-35-12-4-5-13-38(35)32-39)48-16-8-6-14-44(48)40-24-30-45-41(33-40)25-31-47-46-15-7-9-17-49(46)52-50(45)47/h1-33H/i20D,21D,22D,23D,26D,27D,28D,29D. The van der Waals surface area contributed by atoms with E-state index in [1.165, 1.54) is 4.90 Å². The Morgan fingerprint density at radius 3 is 1.79 bits per heavy atom. The van der Waals surface area contributed by atoms with Gasteiger partial charge in [0.15, 0.2) is 0 Å². The molecule has 0 amide bonds. The molecule has 0 aliphatic heterocycles. The maximum Gasteiger partial charge on any atom is 0.143 e. The monoisotopic (exact) mass is 671 g/mol. The normalized spacial score (nSPS) is 13.6. The highest BCUT2D eigenvalue weighted by atomic mass is 16.3. The van der Waals surface area contributed by atoms with Crippen molar-refractivity contribution in [3.8, 4) is 33.4 Å². The van der Waals surface area contributed by atoms with Crippen LogP contribution in [-0.4, -0.2) is 0 Å². The first-order valence-electron chi connectivity index (χ1n) is 21.1. The molecule has 0 aliphatic carbocycles. The average Bonchev–Trinajstić information content (AvgIpc) is 3.67. The van der Waals surface area contributed by atoms with Crippen molar-refractivity contribution in [2.45, 2.75) is 0 Å². The zero-order valence-corrected chi connectivity index (χ0v) is 27.8. The Morgan fingerprint density at radius 1 is 0.385 bits per heavy atom. The lowest BCUT2D eigenvalue weighted by Crippen LogP contribution is -2.11. The number of anilines is 3. The van der Waals surface area contributed by atoms with Crippen LogP contribution in [0.3, 0.4) is 0 Å². The van der Waals surface area contributed by atoms with Gasteiger partial charge in [-0.2, -0.15) is 0 Å². The largest absolute Gasteiger partial charge is 0.455 e. The van der Waals surface area contributed by atoms with Crippen molar-refractivity contribution in [3.05, 3.63) is 200 Å². The minimum atomic E-state index is -0.399. The van der Waals surface area contributed by atoms with Crippen LogP contribution >= 0.6 is 0 Å². The van der Waals surface area contributed by atoms with Gasteiger partial charge in [-0.25, -0.2) is 0 Å². The van der Waals surface area contributed by atoms with Gasteiger partial charge in [-0.05, 0) is 105 Å². The van der Waals surface area contributed by atoms with Gasteiger partial charge < -0.3 is 9.32 Å². The quantitative estimate of drug-likeness (QED) is 0.175. The van der Waals surface area contributed by atoms with E-state index in [2.05, 4.69) is 0 Å². The summed E-state index contributed by atoms with van der Waals surface area (Å²) in [5.41, 5.74) is 4.04. The molecule has 1 heterocycles. The third-order valence-corrected chi connectivity index (χ3v) is 9.59. The van der Waals surface area contributed by atoms with E-state index < -0.39 is 24.2 Å². The van der Waals surface area contributed by atoms with Gasteiger partial charge in [-0.3, -0.25) is 0 Å². The molecule has 10 rings (SSSR count). The topological polar surface area (TPSA) is 16.4 Å². The molecule has 0 radical (unpaired) electrons. The highest BCUT2D eigenvalue weighted by molar-refractivity contribution is 6.15. The number of hydrogen-bond acceptors (Lipinski definition) is 2. The molecule has 0 unspecified atom stereocenters. The van der Waals surface area contributed by atoms with Crippen molar-refractivity contribution in [3.63, 3.8) is 0 Å². The Morgan fingerprint density at radius 2 is 0.981 bits per heavy atom. The highest BCUT2D eigenvalue weighted by Crippen LogP contribution is 2.43. The van der Waals surface area contributed by atoms with E-state index >= 15 is 0 Å². The van der Waals surface area contributed by atoms with Crippen molar-refractivity contribution in [2.75, 3.05) is 4.90 Å². The molecular formula is C50H33NO. The van der Waals surface area contributed by atoms with Crippen LogP contribution in [0.1, 0.15) is 11.0 Å². The van der Waals surface area contributed by atoms with Gasteiger partial charge in [0.05, 0.1) is 16.7 Å². The summed E-state index contributed by atoms with van der Waals surface area (Å²) in [5.74, 6) is 0. The van der Waals surface area contributed by atoms with Crippen LogP contribution < -0.4 is 4.90 Å². The van der Waals surface area contributed by atoms with Gasteiger partial charge in [-0.15, -0.1) is 0 Å². The minimum Gasteiger partial charge on any atom is -0.455 e. The second-order valence-electron chi connectivity index (χ2n) is 12.7. The molecule has 0 atom stereocenters. The van der Waals surface area contributed by atoms with Crippen LogP contribution in [0, 0.1) is 0 Å². The zero-order valence-electron chi connectivity index (χ0n) is 35.8. The van der Waals surface area contributed by atoms with Crippen LogP contribution in [0.5, 0.6) is 0 Å². The maximum absolute atomic E-state index is 9.59. The SMILES string of the molecule is [2H]c1c([2H])c(N(c2ccccc2-c2ccc3c(ccc4c5ccccc5oc34)c2)c2c([2H])c([2H])c(-c3ccc4ccccc4c3)c([2H])c2[2H])c([2H])c([2H])c1-c1ccccc1. The number of nitrogens with zero attached hydrogens (tertiary/aromatic N) is 1. The van der Waals surface area contributed by atoms with Gasteiger partial charge in [0.2, 0.25) is 0 Å². The van der Waals surface area contributed by atoms with Crippen LogP contribution in [0.25, 0.3) is 76.9 Å². The van der Waals surface area contributed by atoms with Gasteiger partial charge in [-0.1, -0.05) is 139 Å². The van der Waals surface area contributed by atoms with Gasteiger partial charge in [0.25, 0.3) is 0 Å². The lowest BCUT2D eigenvalue weighted by molar-refractivity contribution is 0.672. The number of hydrogen-bond donors (Lipinski definition) is 0. The van der Waals surface area contributed by atoms with Gasteiger partial charge >= 0.3 is 0 Å². The van der Waals surface area contributed by atoms with E-state index in [9.17, 15) is 11.0 Å². The van der Waals surface area contributed by atoms with E-state index in [-0.39, 0.29) is 46.7 Å². The lowest BCUT2D eigenvalue weighted by atomic mass is 9.97. The molecule has 0 spiro atoms. The molecule has 1 aromatic heterocycles. The summed E-state index contributed by atoms with van der Waals surface area (Å²) in [6, 6.07) is 44.3. The van der Waals surface area contributed by atoms with Gasteiger partial charge in [0, 0.05) is 33.1 Å². The second kappa shape index (κ2) is 12.5. The lowest BCUT2D eigenvalue weighted by Gasteiger charge is -2.28. The Labute approximate surface area is 313 Å². The first-order valence-corrected chi connectivity index (χ1v) is 17.1. The maximum atomic E-state index is 9.59. The Kier molecular flexibility index (Phi) is 5.45. The fourth-order valence-electron chi connectivity index (χ4n) is 7.02. The molecule has 0 aliphatic rings.